The van der Waals surface area contributed by atoms with E-state index in [2.05, 4.69) is 20.0 Å². The van der Waals surface area contributed by atoms with Gasteiger partial charge in [-0.25, -0.2) is 9.37 Å². The Hall–Kier alpha value is -2.80. The summed E-state index contributed by atoms with van der Waals surface area (Å²) in [6, 6.07) is 10.0. The van der Waals surface area contributed by atoms with Crippen molar-refractivity contribution >= 4 is 5.82 Å². The van der Waals surface area contributed by atoms with E-state index in [9.17, 15) is 9.50 Å². The van der Waals surface area contributed by atoms with E-state index >= 15 is 0 Å². The van der Waals surface area contributed by atoms with Crippen LogP contribution in [-0.4, -0.2) is 39.4 Å². The maximum Gasteiger partial charge on any atom is 0.259 e. The maximum atomic E-state index is 13.0. The summed E-state index contributed by atoms with van der Waals surface area (Å²) < 4.78 is 18.3. The van der Waals surface area contributed by atoms with Gasteiger partial charge in [0.05, 0.1) is 11.7 Å². The van der Waals surface area contributed by atoms with Crippen molar-refractivity contribution in [2.75, 3.05) is 18.0 Å². The monoisotopic (exact) mass is 354 g/mol. The molecule has 1 atom stereocenters. The molecule has 0 saturated carbocycles. The molecule has 1 aromatic carbocycles. The fraction of sp³-hybridized carbons (Fsp3) is 0.316. The van der Waals surface area contributed by atoms with Crippen LogP contribution in [0.3, 0.4) is 0 Å². The van der Waals surface area contributed by atoms with Gasteiger partial charge in [0.25, 0.3) is 5.89 Å². The molecule has 0 radical (unpaired) electrons. The molecule has 1 saturated heterocycles. The van der Waals surface area contributed by atoms with E-state index in [0.717, 1.165) is 36.3 Å². The fourth-order valence-electron chi connectivity index (χ4n) is 3.09. The van der Waals surface area contributed by atoms with Crippen LogP contribution in [-0.2, 0) is 6.42 Å². The number of pyridine rings is 1. The molecule has 0 bridgehead atoms. The summed E-state index contributed by atoms with van der Waals surface area (Å²) in [5.74, 6) is 1.50. The number of benzene rings is 1. The van der Waals surface area contributed by atoms with Crippen molar-refractivity contribution in [2.24, 2.45) is 0 Å². The van der Waals surface area contributed by atoms with Crippen LogP contribution < -0.4 is 4.90 Å². The molecular formula is C19H19FN4O2. The Labute approximate surface area is 150 Å². The number of aliphatic hydroxyl groups excluding tert-OH is 1. The predicted octanol–water partition coefficient (Wildman–Crippen LogP) is 2.82. The van der Waals surface area contributed by atoms with E-state index in [1.165, 1.54) is 12.1 Å². The van der Waals surface area contributed by atoms with Gasteiger partial charge in [0, 0.05) is 25.7 Å². The third-order valence-corrected chi connectivity index (χ3v) is 4.46. The molecule has 134 valence electrons. The smallest absolute Gasteiger partial charge is 0.259 e. The Bertz CT molecular complexity index is 864. The quantitative estimate of drug-likeness (QED) is 0.776. The second kappa shape index (κ2) is 7.21. The Morgan fingerprint density at radius 2 is 2.04 bits per heavy atom. The van der Waals surface area contributed by atoms with E-state index in [1.54, 1.807) is 18.3 Å². The zero-order valence-electron chi connectivity index (χ0n) is 14.2. The molecule has 1 aliphatic rings. The molecule has 7 heteroatoms. The van der Waals surface area contributed by atoms with Gasteiger partial charge in [-0.2, -0.15) is 4.98 Å². The van der Waals surface area contributed by atoms with Crippen molar-refractivity contribution in [1.29, 1.82) is 0 Å². The standard InChI is InChI=1S/C19H19FN4O2/c20-15-6-3-13(4-7-15)10-17-22-19(26-23-17)14-5-8-18(21-11-14)24-9-1-2-16(25)12-24/h3-8,11,16,25H,1-2,9-10,12H2/t16-/m1/s1. The SMILES string of the molecule is O[C@@H]1CCCN(c2ccc(-c3nc(Cc4ccc(F)cc4)no3)cn2)C1. The minimum Gasteiger partial charge on any atom is -0.391 e. The molecule has 3 heterocycles. The number of rotatable bonds is 4. The van der Waals surface area contributed by atoms with Gasteiger partial charge in [-0.15, -0.1) is 0 Å². The lowest BCUT2D eigenvalue weighted by atomic mass is 10.1. The highest BCUT2D eigenvalue weighted by Crippen LogP contribution is 2.22. The van der Waals surface area contributed by atoms with E-state index in [-0.39, 0.29) is 11.9 Å². The maximum absolute atomic E-state index is 13.0. The largest absolute Gasteiger partial charge is 0.391 e. The highest BCUT2D eigenvalue weighted by atomic mass is 19.1. The molecule has 1 aliphatic heterocycles. The van der Waals surface area contributed by atoms with Crippen molar-refractivity contribution in [3.63, 3.8) is 0 Å². The minimum atomic E-state index is -0.296. The van der Waals surface area contributed by atoms with Crippen LogP contribution >= 0.6 is 0 Å². The van der Waals surface area contributed by atoms with Crippen LogP contribution in [0.2, 0.25) is 0 Å². The second-order valence-electron chi connectivity index (χ2n) is 6.47. The third-order valence-electron chi connectivity index (χ3n) is 4.46. The number of nitrogens with zero attached hydrogens (tertiary/aromatic N) is 4. The normalized spacial score (nSPS) is 17.5. The average molecular weight is 354 g/mol. The molecule has 26 heavy (non-hydrogen) atoms. The Kier molecular flexibility index (Phi) is 4.62. The third kappa shape index (κ3) is 3.72. The van der Waals surface area contributed by atoms with Crippen molar-refractivity contribution < 1.29 is 14.0 Å². The van der Waals surface area contributed by atoms with Gasteiger partial charge in [0.1, 0.15) is 11.6 Å². The number of halogens is 1. The summed E-state index contributed by atoms with van der Waals surface area (Å²) in [5, 5.41) is 13.8. The lowest BCUT2D eigenvalue weighted by Gasteiger charge is -2.30. The van der Waals surface area contributed by atoms with E-state index in [0.29, 0.717) is 24.7 Å². The molecule has 1 fully saturated rings. The predicted molar refractivity (Wildman–Crippen MR) is 94.2 cm³/mol. The summed E-state index contributed by atoms with van der Waals surface area (Å²) in [7, 11) is 0. The molecule has 0 amide bonds. The van der Waals surface area contributed by atoms with Crippen LogP contribution in [0.4, 0.5) is 10.2 Å². The Morgan fingerprint density at radius 3 is 2.77 bits per heavy atom. The number of piperidine rings is 1. The van der Waals surface area contributed by atoms with Crippen molar-refractivity contribution in [2.45, 2.75) is 25.4 Å². The summed E-state index contributed by atoms with van der Waals surface area (Å²) in [6.45, 7) is 1.50. The molecule has 0 unspecified atom stereocenters. The zero-order chi connectivity index (χ0) is 17.9. The minimum absolute atomic E-state index is 0.269. The number of hydrogen-bond acceptors (Lipinski definition) is 6. The van der Waals surface area contributed by atoms with Crippen LogP contribution in [0.5, 0.6) is 0 Å². The highest BCUT2D eigenvalue weighted by molar-refractivity contribution is 5.54. The second-order valence-corrected chi connectivity index (χ2v) is 6.47. The summed E-state index contributed by atoms with van der Waals surface area (Å²) in [4.78, 5) is 10.9. The Balaban J connectivity index is 1.46. The molecule has 3 aromatic rings. The molecule has 1 N–H and O–H groups in total. The van der Waals surface area contributed by atoms with E-state index in [4.69, 9.17) is 4.52 Å². The summed E-state index contributed by atoms with van der Waals surface area (Å²) in [6.07, 6.45) is 3.68. The van der Waals surface area contributed by atoms with Gasteiger partial charge in [0.2, 0.25) is 0 Å². The van der Waals surface area contributed by atoms with Gasteiger partial charge in [-0.1, -0.05) is 17.3 Å². The first-order valence-corrected chi connectivity index (χ1v) is 8.64. The molecular weight excluding hydrogens is 335 g/mol. The summed E-state index contributed by atoms with van der Waals surface area (Å²) in [5.41, 5.74) is 1.65. The van der Waals surface area contributed by atoms with Gasteiger partial charge in [-0.3, -0.25) is 0 Å². The van der Waals surface area contributed by atoms with E-state index < -0.39 is 0 Å². The highest BCUT2D eigenvalue weighted by Gasteiger charge is 2.19. The van der Waals surface area contributed by atoms with Gasteiger partial charge in [0.15, 0.2) is 5.82 Å². The van der Waals surface area contributed by atoms with Crippen LogP contribution in [0.1, 0.15) is 24.2 Å². The zero-order valence-corrected chi connectivity index (χ0v) is 14.2. The van der Waals surface area contributed by atoms with Gasteiger partial charge < -0.3 is 14.5 Å². The van der Waals surface area contributed by atoms with Gasteiger partial charge >= 0.3 is 0 Å². The van der Waals surface area contributed by atoms with Crippen molar-refractivity contribution in [3.05, 3.63) is 59.8 Å². The van der Waals surface area contributed by atoms with Gasteiger partial charge in [-0.05, 0) is 42.7 Å². The van der Waals surface area contributed by atoms with Crippen LogP contribution in [0.15, 0.2) is 47.1 Å². The first-order chi connectivity index (χ1) is 12.7. The number of aromatic nitrogens is 3. The molecule has 0 aliphatic carbocycles. The Morgan fingerprint density at radius 1 is 1.19 bits per heavy atom. The first kappa shape index (κ1) is 16.7. The van der Waals surface area contributed by atoms with Crippen molar-refractivity contribution in [3.8, 4) is 11.5 Å². The molecule has 0 spiro atoms. The number of aliphatic hydroxyl groups is 1. The van der Waals surface area contributed by atoms with Crippen molar-refractivity contribution in [1.82, 2.24) is 15.1 Å². The lowest BCUT2D eigenvalue weighted by molar-refractivity contribution is 0.154. The lowest BCUT2D eigenvalue weighted by Crippen LogP contribution is -2.38. The number of anilines is 1. The molecule has 6 nitrogen and oxygen atoms in total. The number of β-amino-alcohol motifs (C(OH)–C–C–N with tert-alkyl or cyclic N) is 1. The summed E-state index contributed by atoms with van der Waals surface area (Å²) >= 11 is 0. The van der Waals surface area contributed by atoms with Crippen LogP contribution in [0, 0.1) is 5.82 Å². The first-order valence-electron chi connectivity index (χ1n) is 8.64. The van der Waals surface area contributed by atoms with E-state index in [1.807, 2.05) is 12.1 Å². The van der Waals surface area contributed by atoms with Crippen LogP contribution in [0.25, 0.3) is 11.5 Å². The molecule has 4 rings (SSSR count). The number of hydrogen-bond donors (Lipinski definition) is 1. The topological polar surface area (TPSA) is 75.3 Å². The molecule has 2 aromatic heterocycles. The average Bonchev–Trinajstić information content (AvgIpc) is 3.12. The fourth-order valence-corrected chi connectivity index (χ4v) is 3.09.